The van der Waals surface area contributed by atoms with Gasteiger partial charge in [-0.05, 0) is 75.0 Å². The highest BCUT2D eigenvalue weighted by molar-refractivity contribution is 5.48. The predicted octanol–water partition coefficient (Wildman–Crippen LogP) is 3.13. The second kappa shape index (κ2) is 3.11. The lowest BCUT2D eigenvalue weighted by molar-refractivity contribution is 0.470. The van der Waals surface area contributed by atoms with Gasteiger partial charge >= 0.3 is 0 Å². The van der Waals surface area contributed by atoms with Crippen LogP contribution in [0.25, 0.3) is 0 Å². The lowest BCUT2D eigenvalue weighted by atomic mass is 9.85. The molecular weight excluding hydrogens is 240 g/mol. The highest BCUT2D eigenvalue weighted by Crippen LogP contribution is 2.70. The van der Waals surface area contributed by atoms with Crippen molar-refractivity contribution in [2.75, 3.05) is 0 Å². The van der Waals surface area contributed by atoms with Crippen molar-refractivity contribution in [3.05, 3.63) is 0 Å². The highest BCUT2D eigenvalue weighted by atomic mass is 14.7. The highest BCUT2D eigenvalue weighted by Gasteiger charge is 2.65. The SMILES string of the molecule is C1#CC2(CC2)C2(C#CC#CC3(CC3)C3(C#C1)CC3)CC2. The van der Waals surface area contributed by atoms with Gasteiger partial charge < -0.3 is 0 Å². The molecule has 0 radical (unpaired) electrons. The summed E-state index contributed by atoms with van der Waals surface area (Å²) in [5.41, 5.74) is 0.681. The van der Waals surface area contributed by atoms with Gasteiger partial charge in [-0.1, -0.05) is 23.7 Å². The molecule has 5 rings (SSSR count). The van der Waals surface area contributed by atoms with Crippen LogP contribution in [0.3, 0.4) is 0 Å². The van der Waals surface area contributed by atoms with Crippen LogP contribution < -0.4 is 0 Å². The monoisotopic (exact) mass is 256 g/mol. The molecule has 4 fully saturated rings. The van der Waals surface area contributed by atoms with Gasteiger partial charge in [-0.15, -0.1) is 0 Å². The van der Waals surface area contributed by atoms with Crippen LogP contribution in [0.4, 0.5) is 0 Å². The summed E-state index contributed by atoms with van der Waals surface area (Å²) in [6, 6.07) is 0. The fraction of sp³-hybridized carbons (Fsp3) is 0.600. The van der Waals surface area contributed by atoms with E-state index in [-0.39, 0.29) is 21.7 Å². The van der Waals surface area contributed by atoms with Crippen molar-refractivity contribution >= 4 is 0 Å². The normalized spacial score (nSPS) is 32.0. The first-order valence-electron chi connectivity index (χ1n) is 7.83. The van der Waals surface area contributed by atoms with Crippen LogP contribution in [0.5, 0.6) is 0 Å². The topological polar surface area (TPSA) is 0 Å². The molecule has 20 heavy (non-hydrogen) atoms. The van der Waals surface area contributed by atoms with Crippen molar-refractivity contribution in [1.82, 2.24) is 0 Å². The number of fused-ring (bicyclic) bond motifs is 2. The van der Waals surface area contributed by atoms with Gasteiger partial charge in [-0.2, -0.15) is 0 Å². The van der Waals surface area contributed by atoms with E-state index in [1.165, 1.54) is 51.4 Å². The second-order valence-electron chi connectivity index (χ2n) is 7.33. The summed E-state index contributed by atoms with van der Waals surface area (Å²) in [4.78, 5) is 0. The summed E-state index contributed by atoms with van der Waals surface area (Å²) in [5, 5.41) is 0. The number of rotatable bonds is 0. The van der Waals surface area contributed by atoms with Gasteiger partial charge in [0.15, 0.2) is 0 Å². The van der Waals surface area contributed by atoms with Gasteiger partial charge in [0, 0.05) is 21.7 Å². The Kier molecular flexibility index (Phi) is 1.70. The molecule has 96 valence electrons. The summed E-state index contributed by atoms with van der Waals surface area (Å²) in [5.74, 6) is 26.7. The van der Waals surface area contributed by atoms with Gasteiger partial charge in [0.2, 0.25) is 0 Å². The molecule has 0 saturated heterocycles. The molecule has 0 aromatic heterocycles. The summed E-state index contributed by atoms with van der Waals surface area (Å²) >= 11 is 0. The van der Waals surface area contributed by atoms with E-state index in [2.05, 4.69) is 47.4 Å². The lowest BCUT2D eigenvalue weighted by Crippen LogP contribution is -2.14. The van der Waals surface area contributed by atoms with Crippen molar-refractivity contribution in [3.63, 3.8) is 0 Å². The zero-order valence-corrected chi connectivity index (χ0v) is 11.7. The Labute approximate surface area is 121 Å². The fourth-order valence-corrected chi connectivity index (χ4v) is 4.00. The minimum absolute atomic E-state index is 0.170. The Morgan fingerprint density at radius 2 is 0.550 bits per heavy atom. The van der Waals surface area contributed by atoms with Gasteiger partial charge in [0.05, 0.1) is 0 Å². The zero-order chi connectivity index (χ0) is 13.3. The molecule has 0 atom stereocenters. The van der Waals surface area contributed by atoms with E-state index in [4.69, 9.17) is 0 Å². The van der Waals surface area contributed by atoms with E-state index in [0.717, 1.165) is 0 Å². The lowest BCUT2D eigenvalue weighted by Gasteiger charge is -2.15. The minimum atomic E-state index is 0.170. The molecule has 0 aliphatic heterocycles. The van der Waals surface area contributed by atoms with Gasteiger partial charge in [0.25, 0.3) is 0 Å². The summed E-state index contributed by atoms with van der Waals surface area (Å²) < 4.78 is 0. The Bertz CT molecular complexity index is 611. The zero-order valence-electron chi connectivity index (χ0n) is 11.7. The average molecular weight is 256 g/mol. The fourth-order valence-electron chi connectivity index (χ4n) is 4.00. The Morgan fingerprint density at radius 1 is 0.350 bits per heavy atom. The first-order chi connectivity index (χ1) is 9.74. The Morgan fingerprint density at radius 3 is 0.700 bits per heavy atom. The van der Waals surface area contributed by atoms with Gasteiger partial charge in [-0.3, -0.25) is 0 Å². The molecule has 4 spiro atoms. The molecule has 0 N–H and O–H groups in total. The average Bonchev–Trinajstić information content (AvgIpc) is 3.33. The molecule has 0 bridgehead atoms. The molecule has 5 aliphatic rings. The van der Waals surface area contributed by atoms with Crippen molar-refractivity contribution in [1.29, 1.82) is 0 Å². The van der Waals surface area contributed by atoms with Crippen molar-refractivity contribution in [3.8, 4) is 47.4 Å². The number of hydrogen-bond donors (Lipinski definition) is 0. The Hall–Kier alpha value is -1.76. The van der Waals surface area contributed by atoms with Crippen molar-refractivity contribution in [2.24, 2.45) is 21.7 Å². The summed E-state index contributed by atoms with van der Waals surface area (Å²) in [6.07, 6.45) is 9.66. The standard InChI is InChI=1S/C20H16/c1-2-6-18(11-12-18)20(15-16-20)8-4-3-7-19(13-14-19)17(5-1)9-10-17/h9-16H2. The van der Waals surface area contributed by atoms with Crippen LogP contribution in [-0.4, -0.2) is 0 Å². The molecule has 5 aliphatic carbocycles. The molecule has 0 heteroatoms. The van der Waals surface area contributed by atoms with E-state index in [0.29, 0.717) is 0 Å². The summed E-state index contributed by atoms with van der Waals surface area (Å²) in [7, 11) is 0. The van der Waals surface area contributed by atoms with Gasteiger partial charge in [0.1, 0.15) is 0 Å². The van der Waals surface area contributed by atoms with E-state index in [1.807, 2.05) is 0 Å². The van der Waals surface area contributed by atoms with Crippen LogP contribution in [0.15, 0.2) is 0 Å². The molecule has 0 unspecified atom stereocenters. The third-order valence-electron chi connectivity index (χ3n) is 6.16. The third-order valence-corrected chi connectivity index (χ3v) is 6.16. The van der Waals surface area contributed by atoms with E-state index in [9.17, 15) is 0 Å². The van der Waals surface area contributed by atoms with Crippen LogP contribution in [0, 0.1) is 69.0 Å². The quantitative estimate of drug-likeness (QED) is 0.584. The second-order valence-corrected chi connectivity index (χ2v) is 7.33. The molecule has 0 aromatic rings. The summed E-state index contributed by atoms with van der Waals surface area (Å²) in [6.45, 7) is 0. The maximum absolute atomic E-state index is 3.48. The maximum atomic E-state index is 3.48. The predicted molar refractivity (Wildman–Crippen MR) is 77.8 cm³/mol. The van der Waals surface area contributed by atoms with E-state index >= 15 is 0 Å². The maximum Gasteiger partial charge on any atom is 0.0491 e. The minimum Gasteiger partial charge on any atom is -0.0807 e. The first kappa shape index (κ1) is 11.0. The van der Waals surface area contributed by atoms with Crippen LogP contribution in [0.2, 0.25) is 0 Å². The molecule has 0 aromatic carbocycles. The van der Waals surface area contributed by atoms with Crippen LogP contribution in [0.1, 0.15) is 51.4 Å². The largest absolute Gasteiger partial charge is 0.0807 e. The first-order valence-corrected chi connectivity index (χ1v) is 7.83. The molecule has 0 amide bonds. The number of hydrogen-bond acceptors (Lipinski definition) is 0. The molecule has 0 nitrogen and oxygen atoms in total. The molecule has 4 saturated carbocycles. The van der Waals surface area contributed by atoms with Crippen LogP contribution >= 0.6 is 0 Å². The van der Waals surface area contributed by atoms with Crippen molar-refractivity contribution < 1.29 is 0 Å². The van der Waals surface area contributed by atoms with E-state index in [1.54, 1.807) is 0 Å². The van der Waals surface area contributed by atoms with Gasteiger partial charge in [-0.25, -0.2) is 0 Å². The van der Waals surface area contributed by atoms with Crippen molar-refractivity contribution in [2.45, 2.75) is 51.4 Å². The molecular formula is C20H16. The van der Waals surface area contributed by atoms with Crippen LogP contribution in [-0.2, 0) is 0 Å². The Balaban J connectivity index is 1.61. The molecule has 0 heterocycles. The smallest absolute Gasteiger partial charge is 0.0491 e. The third kappa shape index (κ3) is 1.28. The van der Waals surface area contributed by atoms with E-state index < -0.39 is 0 Å².